The molecule has 2 aromatic carbocycles. The molecule has 1 aliphatic rings. The van der Waals surface area contributed by atoms with Crippen molar-refractivity contribution >= 4 is 46.7 Å². The standard InChI is InChI=1S/C40H50ClF4N11O5/c1-52-33(29-24-55(51-36(29)40(43,44)45)32-11-8-26(48)21-31(32)42)23-49-37(52)38(60)50-27-9-10-28(30(41)22-27)39(61)54-16-14-53(15-17-54)34(57)7-6-20-56(25-35(58)59,18-4-2-12-46)19-5-3-13-47/h8-11,21-24H,2-7,12-20,25,46-48H2,1H3,(H-,50,58,59,60,61)/p+1. The predicted molar refractivity (Wildman–Crippen MR) is 220 cm³/mol. The van der Waals surface area contributed by atoms with Crippen LogP contribution in [0.5, 0.6) is 0 Å². The van der Waals surface area contributed by atoms with Crippen LogP contribution < -0.4 is 22.5 Å². The Morgan fingerprint density at radius 1 is 0.918 bits per heavy atom. The Morgan fingerprint density at radius 2 is 1.56 bits per heavy atom. The number of carbonyl (C=O) groups is 4. The third-order valence-corrected chi connectivity index (χ3v) is 11.0. The molecular formula is C40H51ClF4N11O5+. The van der Waals surface area contributed by atoms with E-state index < -0.39 is 35.1 Å². The number of nitrogens with two attached hydrogens (primary N) is 3. The van der Waals surface area contributed by atoms with Gasteiger partial charge in [0.1, 0.15) is 5.69 Å². The molecule has 1 saturated heterocycles. The van der Waals surface area contributed by atoms with Gasteiger partial charge in [-0.2, -0.15) is 18.3 Å². The van der Waals surface area contributed by atoms with Crippen LogP contribution in [-0.4, -0.2) is 128 Å². The summed E-state index contributed by atoms with van der Waals surface area (Å²) in [5.74, 6) is -3.29. The average molecular weight is 877 g/mol. The molecule has 0 spiro atoms. The Balaban J connectivity index is 1.18. The molecule has 0 bridgehead atoms. The summed E-state index contributed by atoms with van der Waals surface area (Å²) in [5, 5.41) is 15.9. The van der Waals surface area contributed by atoms with E-state index in [9.17, 15) is 41.8 Å². The maximum atomic E-state index is 14.6. The highest BCUT2D eigenvalue weighted by Gasteiger charge is 2.39. The number of halogens is 5. The number of alkyl halides is 3. The Bertz CT molecular complexity index is 2190. The van der Waals surface area contributed by atoms with E-state index in [-0.39, 0.29) is 77.0 Å². The first-order valence-electron chi connectivity index (χ1n) is 19.9. The van der Waals surface area contributed by atoms with Crippen LogP contribution in [-0.2, 0) is 22.8 Å². The first kappa shape index (κ1) is 46.5. The van der Waals surface area contributed by atoms with Crippen molar-refractivity contribution < 1.29 is 46.3 Å². The number of benzene rings is 2. The Hall–Kier alpha value is -5.57. The molecule has 16 nitrogen and oxygen atoms in total. The lowest BCUT2D eigenvalue weighted by atomic mass is 10.1. The molecule has 0 saturated carbocycles. The maximum absolute atomic E-state index is 14.6. The monoisotopic (exact) mass is 876 g/mol. The molecule has 3 amide bonds. The number of unbranched alkanes of at least 4 members (excludes halogenated alkanes) is 2. The summed E-state index contributed by atoms with van der Waals surface area (Å²) in [6, 6.07) is 7.71. The number of imidazole rings is 1. The normalized spacial score (nSPS) is 13.4. The molecule has 0 atom stereocenters. The molecule has 61 heavy (non-hydrogen) atoms. The van der Waals surface area contributed by atoms with Crippen molar-refractivity contribution in [2.75, 3.05) is 76.5 Å². The van der Waals surface area contributed by atoms with E-state index in [0.717, 1.165) is 53.4 Å². The first-order valence-corrected chi connectivity index (χ1v) is 20.2. The molecule has 4 aromatic rings. The van der Waals surface area contributed by atoms with Gasteiger partial charge in [0.05, 0.1) is 47.7 Å². The lowest BCUT2D eigenvalue weighted by Gasteiger charge is -2.38. The Labute approximate surface area is 354 Å². The highest BCUT2D eigenvalue weighted by molar-refractivity contribution is 6.34. The summed E-state index contributed by atoms with van der Waals surface area (Å²) in [6.07, 6.45) is 1.00. The van der Waals surface area contributed by atoms with Crippen molar-refractivity contribution in [2.45, 2.75) is 44.7 Å². The average Bonchev–Trinajstić information content (AvgIpc) is 3.82. The molecule has 330 valence electrons. The number of carboxylic acids is 1. The van der Waals surface area contributed by atoms with Gasteiger partial charge < -0.3 is 46.5 Å². The Morgan fingerprint density at radius 3 is 2.15 bits per heavy atom. The van der Waals surface area contributed by atoms with Gasteiger partial charge in [-0.05, 0) is 75.2 Å². The van der Waals surface area contributed by atoms with Crippen molar-refractivity contribution in [3.63, 3.8) is 0 Å². The van der Waals surface area contributed by atoms with Crippen LogP contribution in [0, 0.1) is 5.82 Å². The highest BCUT2D eigenvalue weighted by atomic mass is 35.5. The van der Waals surface area contributed by atoms with Crippen LogP contribution >= 0.6 is 11.6 Å². The number of amides is 3. The molecule has 8 N–H and O–H groups in total. The molecule has 0 unspecified atom stereocenters. The largest absolute Gasteiger partial charge is 0.477 e. The second kappa shape index (κ2) is 20.3. The maximum Gasteiger partial charge on any atom is 0.435 e. The fraction of sp³-hybridized carbons (Fsp3) is 0.450. The van der Waals surface area contributed by atoms with E-state index in [4.69, 9.17) is 28.8 Å². The van der Waals surface area contributed by atoms with Gasteiger partial charge in [0.25, 0.3) is 11.8 Å². The van der Waals surface area contributed by atoms with Crippen molar-refractivity contribution in [1.29, 1.82) is 0 Å². The van der Waals surface area contributed by atoms with Crippen LogP contribution in [0.15, 0.2) is 48.8 Å². The van der Waals surface area contributed by atoms with Gasteiger partial charge >= 0.3 is 12.1 Å². The van der Waals surface area contributed by atoms with Crippen molar-refractivity contribution in [1.82, 2.24) is 29.1 Å². The topological polar surface area (TPSA) is 221 Å². The van der Waals surface area contributed by atoms with Gasteiger partial charge in [-0.3, -0.25) is 14.4 Å². The highest BCUT2D eigenvalue weighted by Crippen LogP contribution is 2.37. The molecule has 0 radical (unpaired) electrons. The molecule has 0 aliphatic carbocycles. The van der Waals surface area contributed by atoms with E-state index in [2.05, 4.69) is 15.4 Å². The van der Waals surface area contributed by atoms with Crippen LogP contribution in [0.4, 0.5) is 28.9 Å². The van der Waals surface area contributed by atoms with Crippen LogP contribution in [0.1, 0.15) is 65.2 Å². The minimum atomic E-state index is -4.94. The molecule has 3 heterocycles. The lowest BCUT2D eigenvalue weighted by molar-refractivity contribution is -0.922. The Kier molecular flexibility index (Phi) is 15.5. The molecule has 21 heteroatoms. The number of rotatable bonds is 19. The number of carboxylic acid groups (broad SMARTS) is 1. The summed E-state index contributed by atoms with van der Waals surface area (Å²) in [7, 11) is 1.34. The number of carbonyl (C=O) groups excluding carboxylic acids is 3. The zero-order valence-electron chi connectivity index (χ0n) is 33.8. The quantitative estimate of drug-likeness (QED) is 0.0388. The van der Waals surface area contributed by atoms with E-state index >= 15 is 0 Å². The molecule has 2 aromatic heterocycles. The van der Waals surface area contributed by atoms with Crippen molar-refractivity contribution in [3.8, 4) is 16.9 Å². The third-order valence-electron chi connectivity index (χ3n) is 10.7. The van der Waals surface area contributed by atoms with E-state index in [1.54, 1.807) is 9.80 Å². The second-order valence-corrected chi connectivity index (χ2v) is 15.5. The molecule has 1 aliphatic heterocycles. The van der Waals surface area contributed by atoms with E-state index in [0.29, 0.717) is 56.7 Å². The number of aromatic nitrogens is 4. The SMILES string of the molecule is Cn1c(-c2cn(-c3ccc(N)cc3F)nc2C(F)(F)F)cnc1C(=O)Nc1ccc(C(=O)N2CCN(C(=O)CCC[N+](CCCCN)(CCCCN)CC(=O)O)CC2)c(Cl)c1. The van der Waals surface area contributed by atoms with E-state index in [1.807, 2.05) is 0 Å². The number of hydrogen-bond acceptors (Lipinski definition) is 9. The van der Waals surface area contributed by atoms with Crippen LogP contribution in [0.25, 0.3) is 16.9 Å². The number of hydrogen-bond donors (Lipinski definition) is 5. The van der Waals surface area contributed by atoms with Crippen molar-refractivity contribution in [3.05, 3.63) is 76.7 Å². The summed E-state index contributed by atoms with van der Waals surface area (Å²) >= 11 is 6.52. The third kappa shape index (κ3) is 11.6. The number of aliphatic carboxylic acids is 1. The van der Waals surface area contributed by atoms with Gasteiger partial charge in [0, 0.05) is 63.6 Å². The summed E-state index contributed by atoms with van der Waals surface area (Å²) < 4.78 is 59.2. The minimum absolute atomic E-state index is 0.0277. The van der Waals surface area contributed by atoms with E-state index in [1.165, 1.54) is 37.4 Å². The van der Waals surface area contributed by atoms with Gasteiger partial charge in [-0.15, -0.1) is 0 Å². The van der Waals surface area contributed by atoms with Crippen LogP contribution in [0.2, 0.25) is 5.02 Å². The zero-order valence-corrected chi connectivity index (χ0v) is 34.5. The predicted octanol–water partition coefficient (Wildman–Crippen LogP) is 4.36. The smallest absolute Gasteiger partial charge is 0.435 e. The molecule has 5 rings (SSSR count). The number of nitrogens with zero attached hydrogens (tertiary/aromatic N) is 7. The number of quaternary nitrogens is 1. The fourth-order valence-corrected chi connectivity index (χ4v) is 7.78. The van der Waals surface area contributed by atoms with Gasteiger partial charge in [0.2, 0.25) is 5.91 Å². The number of nitrogen functional groups attached to an aromatic ring is 1. The summed E-state index contributed by atoms with van der Waals surface area (Å²) in [5.41, 5.74) is 15.2. The molecule has 1 fully saturated rings. The summed E-state index contributed by atoms with van der Waals surface area (Å²) in [4.78, 5) is 59.2. The lowest BCUT2D eigenvalue weighted by Crippen LogP contribution is -2.54. The number of nitrogens with one attached hydrogen (secondary N) is 1. The summed E-state index contributed by atoms with van der Waals surface area (Å²) in [6.45, 7) is 3.95. The minimum Gasteiger partial charge on any atom is -0.477 e. The van der Waals surface area contributed by atoms with Gasteiger partial charge in [-0.25, -0.2) is 18.9 Å². The second-order valence-electron chi connectivity index (χ2n) is 15.1. The first-order chi connectivity index (χ1) is 29.0. The number of anilines is 2. The zero-order chi connectivity index (χ0) is 44.5. The molecular weight excluding hydrogens is 826 g/mol. The van der Waals surface area contributed by atoms with Crippen LogP contribution in [0.3, 0.4) is 0 Å². The number of piperazine rings is 1. The van der Waals surface area contributed by atoms with Crippen molar-refractivity contribution in [2.24, 2.45) is 18.5 Å². The van der Waals surface area contributed by atoms with Gasteiger partial charge in [-0.1, -0.05) is 11.6 Å². The van der Waals surface area contributed by atoms with Gasteiger partial charge in [0.15, 0.2) is 23.9 Å². The fourth-order valence-electron chi connectivity index (χ4n) is 7.52.